The summed E-state index contributed by atoms with van der Waals surface area (Å²) >= 11 is 5.77. The molecule has 2 amide bonds. The molecule has 1 N–H and O–H groups in total. The number of carbonyl (C=O) groups excluding carboxylic acids is 2. The van der Waals surface area contributed by atoms with E-state index in [4.69, 9.17) is 21.7 Å². The Bertz CT molecular complexity index is 1230. The van der Waals surface area contributed by atoms with Crippen molar-refractivity contribution < 1.29 is 19.1 Å². The van der Waals surface area contributed by atoms with Crippen molar-refractivity contribution in [2.24, 2.45) is 0 Å². The highest BCUT2D eigenvalue weighted by molar-refractivity contribution is 7.80. The lowest BCUT2D eigenvalue weighted by Crippen LogP contribution is -2.39. The summed E-state index contributed by atoms with van der Waals surface area (Å²) in [4.78, 5) is 30.1. The normalized spacial score (nSPS) is 15.1. The lowest BCUT2D eigenvalue weighted by Gasteiger charge is -2.24. The zero-order valence-electron chi connectivity index (χ0n) is 21.8. The van der Waals surface area contributed by atoms with Crippen molar-refractivity contribution in [3.05, 3.63) is 90.0 Å². The first-order valence-electron chi connectivity index (χ1n) is 12.8. The first-order valence-corrected chi connectivity index (χ1v) is 13.2. The van der Waals surface area contributed by atoms with Crippen molar-refractivity contribution >= 4 is 34.8 Å². The number of amides is 2. The molecule has 0 aromatic heterocycles. The summed E-state index contributed by atoms with van der Waals surface area (Å²) in [7, 11) is 1.63. The zero-order chi connectivity index (χ0) is 26.9. The fourth-order valence-corrected chi connectivity index (χ4v) is 4.71. The van der Waals surface area contributed by atoms with E-state index in [9.17, 15) is 9.59 Å². The van der Waals surface area contributed by atoms with Gasteiger partial charge < -0.3 is 19.7 Å². The number of nitrogens with zero attached hydrogens (tertiary/aromatic N) is 2. The number of methoxy groups -OCH3 is 1. The minimum atomic E-state index is -0.670. The van der Waals surface area contributed by atoms with Crippen LogP contribution in [0.4, 0.5) is 5.69 Å². The third kappa shape index (κ3) is 6.89. The van der Waals surface area contributed by atoms with E-state index < -0.39 is 6.04 Å². The van der Waals surface area contributed by atoms with Gasteiger partial charge in [0.1, 0.15) is 17.5 Å². The molecule has 0 saturated carbocycles. The second kappa shape index (κ2) is 13.1. The van der Waals surface area contributed by atoms with Gasteiger partial charge in [-0.2, -0.15) is 0 Å². The maximum Gasteiger partial charge on any atom is 0.252 e. The van der Waals surface area contributed by atoms with Crippen molar-refractivity contribution in [2.45, 2.75) is 38.8 Å². The Morgan fingerprint density at radius 2 is 1.63 bits per heavy atom. The lowest BCUT2D eigenvalue weighted by molar-refractivity contribution is -0.131. The largest absolute Gasteiger partial charge is 0.497 e. The lowest BCUT2D eigenvalue weighted by atomic mass is 10.1. The van der Waals surface area contributed by atoms with Crippen LogP contribution in [0.3, 0.4) is 0 Å². The summed E-state index contributed by atoms with van der Waals surface area (Å²) in [6, 6.07) is 24.1. The van der Waals surface area contributed by atoms with Crippen LogP contribution in [0.15, 0.2) is 78.9 Å². The summed E-state index contributed by atoms with van der Waals surface area (Å²) in [5.41, 5.74) is 2.72. The van der Waals surface area contributed by atoms with Gasteiger partial charge in [-0.05, 0) is 72.6 Å². The second-order valence-corrected chi connectivity index (χ2v) is 9.49. The molecule has 0 bridgehead atoms. The summed E-state index contributed by atoms with van der Waals surface area (Å²) < 4.78 is 10.9. The average molecular weight is 532 g/mol. The minimum Gasteiger partial charge on any atom is -0.497 e. The van der Waals surface area contributed by atoms with E-state index in [1.165, 1.54) is 0 Å². The van der Waals surface area contributed by atoms with Crippen LogP contribution in [0.1, 0.15) is 30.9 Å². The monoisotopic (exact) mass is 531 g/mol. The number of hydrogen-bond donors (Lipinski definition) is 1. The Morgan fingerprint density at radius 3 is 2.29 bits per heavy atom. The Labute approximate surface area is 229 Å². The first kappa shape index (κ1) is 27.1. The van der Waals surface area contributed by atoms with Crippen molar-refractivity contribution in [3.8, 4) is 11.5 Å². The summed E-state index contributed by atoms with van der Waals surface area (Å²) in [5, 5.41) is 3.36. The molecule has 1 aliphatic heterocycles. The summed E-state index contributed by atoms with van der Waals surface area (Å²) in [5.74, 6) is 1.13. The van der Waals surface area contributed by atoms with E-state index in [1.807, 2.05) is 78.6 Å². The van der Waals surface area contributed by atoms with Crippen LogP contribution in [0.5, 0.6) is 11.5 Å². The first-order chi connectivity index (χ1) is 18.5. The molecule has 0 aliphatic carbocycles. The van der Waals surface area contributed by atoms with Crippen molar-refractivity contribution in [3.63, 3.8) is 0 Å². The predicted molar refractivity (Wildman–Crippen MR) is 152 cm³/mol. The molecular formula is C30H33N3O4S. The molecule has 1 aliphatic rings. The van der Waals surface area contributed by atoms with E-state index in [0.717, 1.165) is 29.0 Å². The molecule has 1 fully saturated rings. The molecule has 1 unspecified atom stereocenters. The number of rotatable bonds is 12. The third-order valence-corrected chi connectivity index (χ3v) is 6.83. The summed E-state index contributed by atoms with van der Waals surface area (Å²) in [6.45, 7) is 3.57. The fraction of sp³-hybridized carbons (Fsp3) is 0.300. The Hall–Kier alpha value is -3.91. The van der Waals surface area contributed by atoms with Crippen LogP contribution in [-0.2, 0) is 22.6 Å². The SMILES string of the molecule is CCCOc1ccc(NC(=O)CC2C(=O)N(Cc3ccccc3)C(=S)N2CCc2ccc(OC)cc2)cc1. The van der Waals surface area contributed by atoms with Crippen LogP contribution in [-0.4, -0.2) is 53.0 Å². The Balaban J connectivity index is 1.46. The molecule has 0 spiro atoms. The van der Waals surface area contributed by atoms with Gasteiger partial charge in [-0.3, -0.25) is 14.5 Å². The second-order valence-electron chi connectivity index (χ2n) is 9.12. The number of benzene rings is 3. The average Bonchev–Trinajstić information content (AvgIpc) is 3.15. The molecule has 8 heteroatoms. The van der Waals surface area contributed by atoms with Gasteiger partial charge in [-0.25, -0.2) is 0 Å². The van der Waals surface area contributed by atoms with Crippen LogP contribution < -0.4 is 14.8 Å². The maximum atomic E-state index is 13.5. The number of hydrogen-bond acceptors (Lipinski definition) is 5. The quantitative estimate of drug-likeness (QED) is 0.330. The number of thiocarbonyl (C=S) groups is 1. The van der Waals surface area contributed by atoms with E-state index >= 15 is 0 Å². The molecular weight excluding hydrogens is 498 g/mol. The van der Waals surface area contributed by atoms with Crippen molar-refractivity contribution in [1.82, 2.24) is 9.80 Å². The van der Waals surface area contributed by atoms with Crippen molar-refractivity contribution in [1.29, 1.82) is 0 Å². The number of ether oxygens (including phenoxy) is 2. The van der Waals surface area contributed by atoms with E-state index in [1.54, 1.807) is 24.1 Å². The van der Waals surface area contributed by atoms with Crippen LogP contribution in [0, 0.1) is 0 Å². The molecule has 1 atom stereocenters. The number of carbonyl (C=O) groups is 2. The van der Waals surface area contributed by atoms with E-state index in [2.05, 4.69) is 5.32 Å². The third-order valence-electron chi connectivity index (χ3n) is 6.38. The smallest absolute Gasteiger partial charge is 0.252 e. The van der Waals surface area contributed by atoms with E-state index in [-0.39, 0.29) is 18.2 Å². The summed E-state index contributed by atoms with van der Waals surface area (Å²) in [6.07, 6.45) is 1.60. The number of anilines is 1. The highest BCUT2D eigenvalue weighted by atomic mass is 32.1. The van der Waals surface area contributed by atoms with Crippen molar-refractivity contribution in [2.75, 3.05) is 25.6 Å². The fourth-order valence-electron chi connectivity index (χ4n) is 4.34. The molecule has 38 heavy (non-hydrogen) atoms. The molecule has 0 radical (unpaired) electrons. The van der Waals surface area contributed by atoms with Gasteiger partial charge in [0.2, 0.25) is 5.91 Å². The van der Waals surface area contributed by atoms with Gasteiger partial charge in [0.25, 0.3) is 5.91 Å². The molecule has 7 nitrogen and oxygen atoms in total. The molecule has 1 saturated heterocycles. The molecule has 4 rings (SSSR count). The minimum absolute atomic E-state index is 0.000954. The highest BCUT2D eigenvalue weighted by Crippen LogP contribution is 2.25. The van der Waals surface area contributed by atoms with Gasteiger partial charge in [0.05, 0.1) is 26.7 Å². The molecule has 198 valence electrons. The molecule has 3 aromatic carbocycles. The maximum absolute atomic E-state index is 13.5. The van der Waals surface area contributed by atoms with Gasteiger partial charge in [0.15, 0.2) is 5.11 Å². The standard InChI is InChI=1S/C30H33N3O4S/c1-3-19-37-26-15-11-24(12-16-26)31-28(34)20-27-29(35)33(21-23-7-5-4-6-8-23)30(38)32(27)18-17-22-9-13-25(36-2)14-10-22/h4-16,27H,3,17-21H2,1-2H3,(H,31,34). The molecule has 3 aromatic rings. The van der Waals surface area contributed by atoms with Gasteiger partial charge >= 0.3 is 0 Å². The number of nitrogens with one attached hydrogen (secondary N) is 1. The highest BCUT2D eigenvalue weighted by Gasteiger charge is 2.43. The predicted octanol–water partition coefficient (Wildman–Crippen LogP) is 5.05. The van der Waals surface area contributed by atoms with E-state index in [0.29, 0.717) is 36.9 Å². The zero-order valence-corrected chi connectivity index (χ0v) is 22.6. The Morgan fingerprint density at radius 1 is 0.947 bits per heavy atom. The van der Waals surface area contributed by atoms with Crippen LogP contribution >= 0.6 is 12.2 Å². The Kier molecular flexibility index (Phi) is 9.32. The van der Waals surface area contributed by atoms with Gasteiger partial charge in [-0.15, -0.1) is 0 Å². The molecule has 1 heterocycles. The van der Waals surface area contributed by atoms with Crippen LogP contribution in [0.2, 0.25) is 0 Å². The van der Waals surface area contributed by atoms with Gasteiger partial charge in [0, 0.05) is 12.2 Å². The topological polar surface area (TPSA) is 71.1 Å². The van der Waals surface area contributed by atoms with Crippen LogP contribution in [0.25, 0.3) is 0 Å². The van der Waals surface area contributed by atoms with Gasteiger partial charge in [-0.1, -0.05) is 49.4 Å².